The number of aromatic nitrogens is 3. The Balaban J connectivity index is 1.67. The lowest BCUT2D eigenvalue weighted by Crippen LogP contribution is -2.23. The zero-order valence-corrected chi connectivity index (χ0v) is 14.8. The molecule has 1 aliphatic heterocycles. The van der Waals surface area contributed by atoms with Crippen LogP contribution in [0.2, 0.25) is 0 Å². The molecule has 0 radical (unpaired) electrons. The molecule has 4 rings (SSSR count). The number of thioether (sulfide) groups is 2. The fourth-order valence-electron chi connectivity index (χ4n) is 2.70. The lowest BCUT2D eigenvalue weighted by atomic mass is 10.2. The highest BCUT2D eigenvalue weighted by Gasteiger charge is 2.15. The Bertz CT molecular complexity index is 820. The fourth-order valence-corrected chi connectivity index (χ4v) is 5.31. The highest BCUT2D eigenvalue weighted by atomic mass is 32.2. The molecule has 0 aliphatic carbocycles. The molecule has 4 nitrogen and oxygen atoms in total. The van der Waals surface area contributed by atoms with E-state index in [0.717, 1.165) is 34.7 Å². The molecule has 1 unspecified atom stereocenters. The second kappa shape index (κ2) is 7.40. The molecule has 122 valence electrons. The van der Waals surface area contributed by atoms with Crippen LogP contribution >= 0.6 is 23.5 Å². The van der Waals surface area contributed by atoms with Gasteiger partial charge in [0.25, 0.3) is 0 Å². The molecule has 0 spiro atoms. The third kappa shape index (κ3) is 3.49. The van der Waals surface area contributed by atoms with Gasteiger partial charge in [-0.05, 0) is 24.3 Å². The molecule has 3 heterocycles. The normalized spacial score (nSPS) is 17.8. The van der Waals surface area contributed by atoms with Gasteiger partial charge in [0.2, 0.25) is 0 Å². The second-order valence-electron chi connectivity index (χ2n) is 5.60. The maximum Gasteiger partial charge on any atom is 0.163 e. The van der Waals surface area contributed by atoms with Gasteiger partial charge in [0.1, 0.15) is 5.82 Å². The van der Waals surface area contributed by atoms with Gasteiger partial charge in [-0.1, -0.05) is 12.1 Å². The van der Waals surface area contributed by atoms with E-state index in [4.69, 9.17) is 9.97 Å². The van der Waals surface area contributed by atoms with Crippen LogP contribution in [-0.2, 0) is 0 Å². The highest BCUT2D eigenvalue weighted by molar-refractivity contribution is 8.06. The van der Waals surface area contributed by atoms with Crippen molar-refractivity contribution in [3.63, 3.8) is 0 Å². The zero-order chi connectivity index (χ0) is 16.2. The molecule has 0 amide bonds. The monoisotopic (exact) mass is 354 g/mol. The Morgan fingerprint density at radius 3 is 2.88 bits per heavy atom. The van der Waals surface area contributed by atoms with Crippen molar-refractivity contribution >= 4 is 40.2 Å². The summed E-state index contributed by atoms with van der Waals surface area (Å²) in [5.41, 5.74) is 1.90. The van der Waals surface area contributed by atoms with Crippen LogP contribution in [0, 0.1) is 0 Å². The molecule has 1 fully saturated rings. The summed E-state index contributed by atoms with van der Waals surface area (Å²) in [6, 6.07) is 12.1. The van der Waals surface area contributed by atoms with E-state index < -0.39 is 0 Å². The number of para-hydroxylation sites is 1. The van der Waals surface area contributed by atoms with E-state index in [1.807, 2.05) is 48.3 Å². The van der Waals surface area contributed by atoms with Gasteiger partial charge in [-0.15, -0.1) is 0 Å². The molecular formula is C18H18N4S2. The van der Waals surface area contributed by atoms with Crippen LogP contribution in [0.4, 0.5) is 5.82 Å². The van der Waals surface area contributed by atoms with E-state index >= 15 is 0 Å². The average Bonchev–Trinajstić information content (AvgIpc) is 2.67. The number of anilines is 1. The van der Waals surface area contributed by atoms with Crippen molar-refractivity contribution < 1.29 is 0 Å². The zero-order valence-electron chi connectivity index (χ0n) is 13.2. The fraction of sp³-hybridized carbons (Fsp3) is 0.278. The predicted molar refractivity (Wildman–Crippen MR) is 105 cm³/mol. The molecule has 1 saturated heterocycles. The Kier molecular flexibility index (Phi) is 4.85. The third-order valence-corrected chi connectivity index (χ3v) is 6.75. The number of hydrogen-bond donors (Lipinski definition) is 1. The third-order valence-electron chi connectivity index (χ3n) is 3.91. The Hall–Kier alpha value is -1.79. The average molecular weight is 355 g/mol. The van der Waals surface area contributed by atoms with Crippen molar-refractivity contribution in [2.24, 2.45) is 0 Å². The van der Waals surface area contributed by atoms with Gasteiger partial charge >= 0.3 is 0 Å². The molecule has 0 bridgehead atoms. The summed E-state index contributed by atoms with van der Waals surface area (Å²) in [7, 11) is 0. The topological polar surface area (TPSA) is 50.7 Å². The number of benzene rings is 1. The van der Waals surface area contributed by atoms with Crippen LogP contribution in [-0.4, -0.2) is 44.0 Å². The predicted octanol–water partition coefficient (Wildman–Crippen LogP) is 3.95. The molecular weight excluding hydrogens is 336 g/mol. The Morgan fingerprint density at radius 1 is 1.08 bits per heavy atom. The summed E-state index contributed by atoms with van der Waals surface area (Å²) in [5.74, 6) is 5.34. The Labute approximate surface area is 149 Å². The first-order chi connectivity index (χ1) is 11.9. The molecule has 2 aromatic heterocycles. The molecule has 3 aromatic rings. The van der Waals surface area contributed by atoms with Crippen molar-refractivity contribution in [1.82, 2.24) is 15.0 Å². The van der Waals surface area contributed by atoms with E-state index in [0.29, 0.717) is 5.25 Å². The first-order valence-electron chi connectivity index (χ1n) is 8.00. The molecule has 6 heteroatoms. The van der Waals surface area contributed by atoms with Gasteiger partial charge < -0.3 is 5.32 Å². The molecule has 24 heavy (non-hydrogen) atoms. The molecule has 1 aromatic carbocycles. The lowest BCUT2D eigenvalue weighted by Gasteiger charge is -2.21. The number of nitrogens with one attached hydrogen (secondary N) is 1. The number of rotatable bonds is 4. The van der Waals surface area contributed by atoms with Crippen LogP contribution < -0.4 is 5.32 Å². The minimum atomic E-state index is 0.638. The summed E-state index contributed by atoms with van der Waals surface area (Å²) in [5, 5.41) is 5.27. The van der Waals surface area contributed by atoms with Crippen molar-refractivity contribution in [2.45, 2.75) is 5.25 Å². The van der Waals surface area contributed by atoms with E-state index in [9.17, 15) is 0 Å². The quantitative estimate of drug-likeness (QED) is 0.765. The molecule has 1 N–H and O–H groups in total. The standard InChI is InChI=1S/C18H18N4S2/c1-2-6-16-15(5-1)18(20-11-14-12-23-8-9-24-14)22-17(21-16)13-4-3-7-19-10-13/h1-7,10,14H,8-9,11-12H2,(H,20,21,22). The number of pyridine rings is 1. The van der Waals surface area contributed by atoms with E-state index in [1.165, 1.54) is 17.3 Å². The van der Waals surface area contributed by atoms with E-state index in [-0.39, 0.29) is 0 Å². The van der Waals surface area contributed by atoms with Gasteiger partial charge in [-0.3, -0.25) is 4.98 Å². The Morgan fingerprint density at radius 2 is 2.04 bits per heavy atom. The van der Waals surface area contributed by atoms with Crippen LogP contribution in [0.3, 0.4) is 0 Å². The van der Waals surface area contributed by atoms with Gasteiger partial charge in [0.05, 0.1) is 5.52 Å². The van der Waals surface area contributed by atoms with Crippen molar-refractivity contribution in [1.29, 1.82) is 0 Å². The summed E-state index contributed by atoms with van der Waals surface area (Å²) in [4.78, 5) is 13.7. The minimum Gasteiger partial charge on any atom is -0.368 e. The van der Waals surface area contributed by atoms with Crippen molar-refractivity contribution in [3.05, 3.63) is 48.8 Å². The minimum absolute atomic E-state index is 0.638. The molecule has 1 atom stereocenters. The largest absolute Gasteiger partial charge is 0.368 e. The first kappa shape index (κ1) is 15.7. The SMILES string of the molecule is c1cncc(-c2nc(NCC3CSCCS3)c3ccccc3n2)c1. The van der Waals surface area contributed by atoms with Crippen LogP contribution in [0.15, 0.2) is 48.8 Å². The number of fused-ring (bicyclic) bond motifs is 1. The summed E-state index contributed by atoms with van der Waals surface area (Å²) in [6.45, 7) is 0.936. The van der Waals surface area contributed by atoms with Crippen LogP contribution in [0.5, 0.6) is 0 Å². The number of hydrogen-bond acceptors (Lipinski definition) is 6. The summed E-state index contributed by atoms with van der Waals surface area (Å²) < 4.78 is 0. The lowest BCUT2D eigenvalue weighted by molar-refractivity contribution is 0.994. The number of nitrogens with zero attached hydrogens (tertiary/aromatic N) is 3. The highest BCUT2D eigenvalue weighted by Crippen LogP contribution is 2.27. The maximum absolute atomic E-state index is 4.78. The van der Waals surface area contributed by atoms with E-state index in [2.05, 4.69) is 28.1 Å². The van der Waals surface area contributed by atoms with Crippen molar-refractivity contribution in [2.75, 3.05) is 29.1 Å². The summed E-state index contributed by atoms with van der Waals surface area (Å²) >= 11 is 4.09. The molecule has 0 saturated carbocycles. The van der Waals surface area contributed by atoms with Gasteiger partial charge in [-0.2, -0.15) is 23.5 Å². The van der Waals surface area contributed by atoms with Gasteiger partial charge in [0, 0.05) is 52.4 Å². The van der Waals surface area contributed by atoms with Gasteiger partial charge in [0.15, 0.2) is 5.82 Å². The first-order valence-corrected chi connectivity index (χ1v) is 10.2. The maximum atomic E-state index is 4.78. The molecule has 1 aliphatic rings. The van der Waals surface area contributed by atoms with Crippen molar-refractivity contribution in [3.8, 4) is 11.4 Å². The van der Waals surface area contributed by atoms with Crippen LogP contribution in [0.1, 0.15) is 0 Å². The van der Waals surface area contributed by atoms with Crippen LogP contribution in [0.25, 0.3) is 22.3 Å². The summed E-state index contributed by atoms with van der Waals surface area (Å²) in [6.07, 6.45) is 3.57. The van der Waals surface area contributed by atoms with E-state index in [1.54, 1.807) is 6.20 Å². The second-order valence-corrected chi connectivity index (χ2v) is 8.16. The smallest absolute Gasteiger partial charge is 0.163 e. The van der Waals surface area contributed by atoms with Gasteiger partial charge in [-0.25, -0.2) is 9.97 Å².